The van der Waals surface area contributed by atoms with Crippen LogP contribution < -0.4 is 5.73 Å². The highest BCUT2D eigenvalue weighted by atomic mass is 15.2. The maximum Gasteiger partial charge on any atom is 0.0250 e. The molecule has 0 amide bonds. The third-order valence-corrected chi connectivity index (χ3v) is 4.04. The first-order chi connectivity index (χ1) is 6.68. The molecule has 14 heavy (non-hydrogen) atoms. The monoisotopic (exact) mass is 196 g/mol. The molecule has 1 saturated heterocycles. The summed E-state index contributed by atoms with van der Waals surface area (Å²) in [5.41, 5.74) is 6.22. The molecule has 4 unspecified atom stereocenters. The van der Waals surface area contributed by atoms with E-state index in [9.17, 15) is 0 Å². The summed E-state index contributed by atoms with van der Waals surface area (Å²) < 4.78 is 0. The molecule has 1 saturated carbocycles. The molecule has 0 radical (unpaired) electrons. The normalized spacial score (nSPS) is 45.6. The highest BCUT2D eigenvalue weighted by molar-refractivity contribution is 4.92. The van der Waals surface area contributed by atoms with Crippen molar-refractivity contribution < 1.29 is 0 Å². The van der Waals surface area contributed by atoms with Crippen LogP contribution in [0.25, 0.3) is 0 Å². The van der Waals surface area contributed by atoms with Crippen molar-refractivity contribution in [2.45, 2.75) is 64.1 Å². The molecule has 0 aromatic carbocycles. The molecule has 4 atom stereocenters. The van der Waals surface area contributed by atoms with E-state index in [1.54, 1.807) is 0 Å². The first-order valence-corrected chi connectivity index (χ1v) is 6.20. The van der Waals surface area contributed by atoms with Crippen LogP contribution in [0.1, 0.15) is 46.0 Å². The summed E-state index contributed by atoms with van der Waals surface area (Å²) in [7, 11) is 0. The lowest BCUT2D eigenvalue weighted by molar-refractivity contribution is 0.129. The van der Waals surface area contributed by atoms with E-state index in [1.807, 2.05) is 0 Å². The Balaban J connectivity index is 1.99. The fraction of sp³-hybridized carbons (Fsp3) is 1.00. The van der Waals surface area contributed by atoms with E-state index in [0.29, 0.717) is 12.1 Å². The molecule has 2 N–H and O–H groups in total. The van der Waals surface area contributed by atoms with Crippen LogP contribution in [0.15, 0.2) is 0 Å². The number of rotatable bonds is 1. The Hall–Kier alpha value is -0.0800. The largest absolute Gasteiger partial charge is 0.326 e. The van der Waals surface area contributed by atoms with E-state index in [0.717, 1.165) is 12.0 Å². The van der Waals surface area contributed by atoms with Crippen molar-refractivity contribution in [1.29, 1.82) is 0 Å². The van der Waals surface area contributed by atoms with Gasteiger partial charge in [-0.1, -0.05) is 19.8 Å². The van der Waals surface area contributed by atoms with E-state index in [-0.39, 0.29) is 0 Å². The summed E-state index contributed by atoms with van der Waals surface area (Å²) in [4.78, 5) is 2.68. The third-order valence-electron chi connectivity index (χ3n) is 4.04. The second-order valence-electron chi connectivity index (χ2n) is 5.40. The van der Waals surface area contributed by atoms with Gasteiger partial charge in [0.25, 0.3) is 0 Å². The Bertz CT molecular complexity index is 189. The van der Waals surface area contributed by atoms with Gasteiger partial charge in [0.15, 0.2) is 0 Å². The second kappa shape index (κ2) is 4.19. The van der Waals surface area contributed by atoms with Gasteiger partial charge in [-0.2, -0.15) is 0 Å². The zero-order valence-corrected chi connectivity index (χ0v) is 9.58. The maximum atomic E-state index is 6.22. The van der Waals surface area contributed by atoms with Crippen LogP contribution in [0, 0.1) is 5.92 Å². The van der Waals surface area contributed by atoms with Crippen LogP contribution in [0.2, 0.25) is 0 Å². The van der Waals surface area contributed by atoms with Gasteiger partial charge in [0, 0.05) is 24.7 Å². The van der Waals surface area contributed by atoms with Crippen LogP contribution >= 0.6 is 0 Å². The molecule has 2 nitrogen and oxygen atoms in total. The summed E-state index contributed by atoms with van der Waals surface area (Å²) in [6, 6.07) is 1.89. The van der Waals surface area contributed by atoms with Crippen molar-refractivity contribution in [2.75, 3.05) is 6.54 Å². The molecule has 1 aliphatic carbocycles. The van der Waals surface area contributed by atoms with Gasteiger partial charge in [-0.3, -0.25) is 4.90 Å². The topological polar surface area (TPSA) is 29.3 Å². The summed E-state index contributed by atoms with van der Waals surface area (Å²) in [5, 5.41) is 0. The van der Waals surface area contributed by atoms with Gasteiger partial charge in [0.05, 0.1) is 0 Å². The van der Waals surface area contributed by atoms with E-state index in [1.165, 1.54) is 38.6 Å². The van der Waals surface area contributed by atoms with Gasteiger partial charge < -0.3 is 5.73 Å². The molecule has 2 rings (SSSR count). The maximum absolute atomic E-state index is 6.22. The number of nitrogens with zero attached hydrogens (tertiary/aromatic N) is 1. The Morgan fingerprint density at radius 2 is 1.86 bits per heavy atom. The average Bonchev–Trinajstić information content (AvgIpc) is 2.46. The van der Waals surface area contributed by atoms with Crippen molar-refractivity contribution >= 4 is 0 Å². The average molecular weight is 196 g/mol. The van der Waals surface area contributed by atoms with Gasteiger partial charge >= 0.3 is 0 Å². The predicted octanol–water partition coefficient (Wildman–Crippen LogP) is 1.99. The summed E-state index contributed by atoms with van der Waals surface area (Å²) in [6.45, 7) is 6.01. The molecular weight excluding hydrogens is 172 g/mol. The van der Waals surface area contributed by atoms with E-state index < -0.39 is 0 Å². The molecule has 2 aliphatic rings. The van der Waals surface area contributed by atoms with Crippen LogP contribution in [-0.2, 0) is 0 Å². The lowest BCUT2D eigenvalue weighted by Crippen LogP contribution is -2.50. The van der Waals surface area contributed by atoms with Crippen molar-refractivity contribution in [1.82, 2.24) is 4.90 Å². The fourth-order valence-corrected chi connectivity index (χ4v) is 3.35. The molecule has 0 bridgehead atoms. The smallest absolute Gasteiger partial charge is 0.0250 e. The van der Waals surface area contributed by atoms with Crippen LogP contribution in [0.3, 0.4) is 0 Å². The summed E-state index contributed by atoms with van der Waals surface area (Å²) >= 11 is 0. The van der Waals surface area contributed by atoms with Gasteiger partial charge in [-0.05, 0) is 32.1 Å². The van der Waals surface area contributed by atoms with Gasteiger partial charge in [0.2, 0.25) is 0 Å². The van der Waals surface area contributed by atoms with E-state index >= 15 is 0 Å². The van der Waals surface area contributed by atoms with Gasteiger partial charge in [-0.15, -0.1) is 0 Å². The Labute approximate surface area is 87.8 Å². The van der Waals surface area contributed by atoms with Crippen molar-refractivity contribution in [3.63, 3.8) is 0 Å². The standard InChI is InChI=1S/C12H24N2/c1-9-7-10(2)14(8-9)12-6-4-3-5-11(12)13/h9-12H,3-8,13H2,1-2H3. The van der Waals surface area contributed by atoms with Crippen molar-refractivity contribution in [2.24, 2.45) is 11.7 Å². The quantitative estimate of drug-likeness (QED) is 0.695. The summed E-state index contributed by atoms with van der Waals surface area (Å²) in [5.74, 6) is 0.874. The van der Waals surface area contributed by atoms with Crippen molar-refractivity contribution in [3.8, 4) is 0 Å². The molecule has 1 aliphatic heterocycles. The minimum absolute atomic E-state index is 0.441. The van der Waals surface area contributed by atoms with Crippen LogP contribution in [0.4, 0.5) is 0 Å². The molecular formula is C12H24N2. The lowest BCUT2D eigenvalue weighted by Gasteiger charge is -2.38. The second-order valence-corrected chi connectivity index (χ2v) is 5.40. The van der Waals surface area contributed by atoms with Crippen LogP contribution in [-0.4, -0.2) is 29.6 Å². The number of hydrogen-bond acceptors (Lipinski definition) is 2. The minimum Gasteiger partial charge on any atom is -0.326 e. The molecule has 0 aromatic rings. The zero-order chi connectivity index (χ0) is 10.1. The first kappa shape index (κ1) is 10.4. The Kier molecular flexibility index (Phi) is 3.13. The van der Waals surface area contributed by atoms with Gasteiger partial charge in [-0.25, -0.2) is 0 Å². The molecule has 82 valence electrons. The fourth-order valence-electron chi connectivity index (χ4n) is 3.35. The molecule has 1 heterocycles. The van der Waals surface area contributed by atoms with Crippen molar-refractivity contribution in [3.05, 3.63) is 0 Å². The summed E-state index contributed by atoms with van der Waals surface area (Å²) in [6.07, 6.45) is 6.66. The molecule has 0 spiro atoms. The van der Waals surface area contributed by atoms with E-state index in [2.05, 4.69) is 18.7 Å². The van der Waals surface area contributed by atoms with Gasteiger partial charge in [0.1, 0.15) is 0 Å². The van der Waals surface area contributed by atoms with E-state index in [4.69, 9.17) is 5.73 Å². The SMILES string of the molecule is CC1CC(C)N(C2CCCCC2N)C1. The predicted molar refractivity (Wildman–Crippen MR) is 60.2 cm³/mol. The zero-order valence-electron chi connectivity index (χ0n) is 9.58. The third kappa shape index (κ3) is 1.96. The Morgan fingerprint density at radius 1 is 1.14 bits per heavy atom. The number of nitrogens with two attached hydrogens (primary N) is 1. The molecule has 2 heteroatoms. The number of likely N-dealkylation sites (tertiary alicyclic amines) is 1. The number of hydrogen-bond donors (Lipinski definition) is 1. The molecule has 2 fully saturated rings. The highest BCUT2D eigenvalue weighted by Crippen LogP contribution is 2.30. The lowest BCUT2D eigenvalue weighted by atomic mass is 9.89. The molecule has 0 aromatic heterocycles. The highest BCUT2D eigenvalue weighted by Gasteiger charge is 2.35. The first-order valence-electron chi connectivity index (χ1n) is 6.20. The minimum atomic E-state index is 0.441. The Morgan fingerprint density at radius 3 is 2.43 bits per heavy atom. The van der Waals surface area contributed by atoms with Crippen LogP contribution in [0.5, 0.6) is 0 Å².